The Morgan fingerprint density at radius 2 is 2.03 bits per heavy atom. The molecule has 1 saturated carbocycles. The van der Waals surface area contributed by atoms with Crippen molar-refractivity contribution in [2.75, 3.05) is 23.9 Å². The number of carbonyl (C=O) groups is 1. The molecule has 2 aliphatic rings. The zero-order valence-corrected chi connectivity index (χ0v) is 15.9. The largest absolute Gasteiger partial charge is 0.466 e. The predicted molar refractivity (Wildman–Crippen MR) is 102 cm³/mol. The Kier molecular flexibility index (Phi) is 4.09. The molecule has 1 amide bonds. The lowest BCUT2D eigenvalue weighted by molar-refractivity contribution is -0.136. The molecule has 8 nitrogen and oxygen atoms in total. The highest BCUT2D eigenvalue weighted by Crippen LogP contribution is 2.38. The number of fused-ring (bicyclic) bond motifs is 2. The number of likely N-dealkylation sites (N-methyl/N-ethyl adjacent to an activating group) is 1. The molecule has 3 aromatic rings. The number of hydrogen-bond acceptors (Lipinski definition) is 6. The summed E-state index contributed by atoms with van der Waals surface area (Å²) in [7, 11) is 1.60. The van der Waals surface area contributed by atoms with Gasteiger partial charge >= 0.3 is 6.18 Å². The minimum atomic E-state index is -4.58. The van der Waals surface area contributed by atoms with E-state index < -0.39 is 11.7 Å². The van der Waals surface area contributed by atoms with E-state index in [0.29, 0.717) is 18.2 Å². The van der Waals surface area contributed by atoms with Crippen LogP contribution in [-0.4, -0.2) is 39.1 Å². The maximum absolute atomic E-state index is 13.6. The molecule has 1 aliphatic heterocycles. The highest BCUT2D eigenvalue weighted by Gasteiger charge is 2.36. The van der Waals surface area contributed by atoms with Crippen molar-refractivity contribution in [2.45, 2.75) is 25.6 Å². The third-order valence-electron chi connectivity index (χ3n) is 5.19. The van der Waals surface area contributed by atoms with E-state index in [1.54, 1.807) is 23.7 Å². The number of amides is 1. The molecular formula is C19H17F3N6O2. The van der Waals surface area contributed by atoms with Gasteiger partial charge in [0.25, 0.3) is 5.91 Å². The second-order valence-electron chi connectivity index (χ2n) is 7.45. The molecular weight excluding hydrogens is 401 g/mol. The van der Waals surface area contributed by atoms with Gasteiger partial charge < -0.3 is 19.5 Å². The first kappa shape index (κ1) is 18.6. The molecule has 0 atom stereocenters. The minimum absolute atomic E-state index is 0.0000577. The first-order valence-corrected chi connectivity index (χ1v) is 9.40. The number of halogens is 3. The lowest BCUT2D eigenvalue weighted by atomic mass is 10.2. The molecule has 0 unspecified atom stereocenters. The van der Waals surface area contributed by atoms with E-state index in [1.807, 2.05) is 0 Å². The summed E-state index contributed by atoms with van der Waals surface area (Å²) < 4.78 is 47.9. The van der Waals surface area contributed by atoms with Gasteiger partial charge in [-0.05, 0) is 37.0 Å². The molecule has 1 aliphatic carbocycles. The Hall–Kier alpha value is -3.37. The van der Waals surface area contributed by atoms with E-state index in [4.69, 9.17) is 4.74 Å². The van der Waals surface area contributed by atoms with Crippen LogP contribution in [0.1, 0.15) is 18.4 Å². The quantitative estimate of drug-likeness (QED) is 0.700. The van der Waals surface area contributed by atoms with Crippen LogP contribution >= 0.6 is 0 Å². The third kappa shape index (κ3) is 3.29. The molecule has 0 spiro atoms. The van der Waals surface area contributed by atoms with Gasteiger partial charge in [0.2, 0.25) is 5.88 Å². The third-order valence-corrected chi connectivity index (χ3v) is 5.19. The summed E-state index contributed by atoms with van der Waals surface area (Å²) in [5, 5.41) is 2.82. The molecule has 4 heterocycles. The van der Waals surface area contributed by atoms with E-state index in [2.05, 4.69) is 20.3 Å². The smallest absolute Gasteiger partial charge is 0.418 e. The van der Waals surface area contributed by atoms with Crippen LogP contribution in [0.5, 0.6) is 5.88 Å². The molecule has 0 bridgehead atoms. The second-order valence-corrected chi connectivity index (χ2v) is 7.45. The fourth-order valence-electron chi connectivity index (χ4n) is 3.38. The number of rotatable bonds is 4. The summed E-state index contributed by atoms with van der Waals surface area (Å²) in [5.41, 5.74) is -0.364. The monoisotopic (exact) mass is 418 g/mol. The van der Waals surface area contributed by atoms with E-state index in [-0.39, 0.29) is 41.2 Å². The van der Waals surface area contributed by atoms with E-state index in [0.717, 1.165) is 18.9 Å². The molecule has 1 fully saturated rings. The van der Waals surface area contributed by atoms with E-state index in [9.17, 15) is 18.0 Å². The van der Waals surface area contributed by atoms with Gasteiger partial charge in [-0.15, -0.1) is 0 Å². The van der Waals surface area contributed by atoms with Crippen LogP contribution < -0.4 is 15.0 Å². The van der Waals surface area contributed by atoms with Crippen LogP contribution in [0.25, 0.3) is 11.2 Å². The molecule has 0 saturated heterocycles. The van der Waals surface area contributed by atoms with Crippen LogP contribution in [-0.2, 0) is 17.5 Å². The number of alkyl halides is 3. The summed E-state index contributed by atoms with van der Waals surface area (Å²) in [6, 6.07) is 4.09. The molecule has 0 aromatic carbocycles. The number of pyridine rings is 2. The first-order chi connectivity index (χ1) is 14.3. The number of aromatic nitrogens is 4. The Labute approximate surface area is 168 Å². The van der Waals surface area contributed by atoms with Crippen LogP contribution in [0.15, 0.2) is 24.5 Å². The van der Waals surface area contributed by atoms with Crippen LogP contribution in [0.4, 0.5) is 30.5 Å². The molecule has 3 aromatic heterocycles. The van der Waals surface area contributed by atoms with Gasteiger partial charge in [0.1, 0.15) is 22.8 Å². The number of nitrogens with zero attached hydrogens (tertiary/aromatic N) is 5. The van der Waals surface area contributed by atoms with Gasteiger partial charge in [0.05, 0.1) is 11.9 Å². The van der Waals surface area contributed by atoms with Crippen LogP contribution in [0.3, 0.4) is 0 Å². The highest BCUT2D eigenvalue weighted by atomic mass is 19.4. The zero-order chi connectivity index (χ0) is 21.0. The topological polar surface area (TPSA) is 85.2 Å². The summed E-state index contributed by atoms with van der Waals surface area (Å²) in [4.78, 5) is 25.7. The van der Waals surface area contributed by atoms with Crippen molar-refractivity contribution in [3.8, 4) is 5.88 Å². The Morgan fingerprint density at radius 1 is 1.23 bits per heavy atom. The van der Waals surface area contributed by atoms with Crippen LogP contribution in [0.2, 0.25) is 0 Å². The summed E-state index contributed by atoms with van der Waals surface area (Å²) in [5.74, 6) is 0.716. The lowest BCUT2D eigenvalue weighted by Gasteiger charge is -2.25. The van der Waals surface area contributed by atoms with Crippen molar-refractivity contribution in [3.63, 3.8) is 0 Å². The van der Waals surface area contributed by atoms with Gasteiger partial charge in [-0.2, -0.15) is 18.2 Å². The van der Waals surface area contributed by atoms with Crippen molar-refractivity contribution >= 4 is 34.4 Å². The van der Waals surface area contributed by atoms with E-state index >= 15 is 0 Å². The zero-order valence-electron chi connectivity index (χ0n) is 15.9. The highest BCUT2D eigenvalue weighted by molar-refractivity contribution is 5.97. The second kappa shape index (κ2) is 6.57. The molecule has 1 N–H and O–H groups in total. The summed E-state index contributed by atoms with van der Waals surface area (Å²) in [6.07, 6.45) is -1.06. The number of anilines is 3. The maximum atomic E-state index is 13.6. The van der Waals surface area contributed by atoms with Gasteiger partial charge in [-0.3, -0.25) is 4.79 Å². The number of nitrogens with one attached hydrogen (secondary N) is 1. The fraction of sp³-hybridized carbons (Fsp3) is 0.368. The minimum Gasteiger partial charge on any atom is -0.466 e. The van der Waals surface area contributed by atoms with Crippen molar-refractivity contribution in [1.29, 1.82) is 0 Å². The fourth-order valence-corrected chi connectivity index (χ4v) is 3.38. The number of hydrogen-bond donors (Lipinski definition) is 1. The Bertz CT molecular complexity index is 1160. The average Bonchev–Trinajstić information content (AvgIpc) is 3.43. The lowest BCUT2D eigenvalue weighted by Crippen LogP contribution is -2.35. The van der Waals surface area contributed by atoms with Gasteiger partial charge in [0.15, 0.2) is 12.3 Å². The maximum Gasteiger partial charge on any atom is 0.418 e. The summed E-state index contributed by atoms with van der Waals surface area (Å²) >= 11 is 0. The van der Waals surface area contributed by atoms with Crippen molar-refractivity contribution in [2.24, 2.45) is 5.92 Å². The molecule has 156 valence electrons. The predicted octanol–water partition coefficient (Wildman–Crippen LogP) is 3.35. The Morgan fingerprint density at radius 3 is 2.77 bits per heavy atom. The SMILES string of the molecule is CN1C(=O)COc2nc(Nc3cc(C(F)(F)F)c4ncn(CC5CC5)c4n3)ccc21. The van der Waals surface area contributed by atoms with Gasteiger partial charge in [0, 0.05) is 13.6 Å². The van der Waals surface area contributed by atoms with Crippen molar-refractivity contribution in [1.82, 2.24) is 19.5 Å². The van der Waals surface area contributed by atoms with Crippen molar-refractivity contribution in [3.05, 3.63) is 30.1 Å². The molecule has 0 radical (unpaired) electrons. The van der Waals surface area contributed by atoms with Gasteiger partial charge in [-0.25, -0.2) is 9.97 Å². The van der Waals surface area contributed by atoms with E-state index in [1.165, 1.54) is 11.2 Å². The summed E-state index contributed by atoms with van der Waals surface area (Å²) in [6.45, 7) is 0.443. The van der Waals surface area contributed by atoms with Crippen molar-refractivity contribution < 1.29 is 22.7 Å². The Balaban J connectivity index is 1.53. The molecule has 11 heteroatoms. The number of ether oxygens (including phenoxy) is 1. The van der Waals surface area contributed by atoms with Crippen LogP contribution in [0, 0.1) is 5.92 Å². The standard InChI is InChI=1S/C19H17F3N6O2/c1-27-12-4-5-13(26-18(12)30-8-15(27)29)24-14-6-11(19(20,21)22)16-17(25-14)28(9-23-16)7-10-2-3-10/h4-6,9-10H,2-3,7-8H2,1H3,(H,24,25,26). The molecule has 5 rings (SSSR count). The number of imidazole rings is 1. The molecule has 30 heavy (non-hydrogen) atoms. The first-order valence-electron chi connectivity index (χ1n) is 9.40. The average molecular weight is 418 g/mol. The van der Waals surface area contributed by atoms with Gasteiger partial charge in [-0.1, -0.05) is 0 Å². The normalized spacial score (nSPS) is 16.5. The number of carbonyl (C=O) groups excluding carboxylic acids is 1.